The van der Waals surface area contributed by atoms with Gasteiger partial charge in [0.15, 0.2) is 0 Å². The highest BCUT2D eigenvalue weighted by atomic mass is 16.5. The average Bonchev–Trinajstić information content (AvgIpc) is 3.22. The van der Waals surface area contributed by atoms with E-state index in [2.05, 4.69) is 0 Å². The third-order valence-corrected chi connectivity index (χ3v) is 6.70. The third-order valence-electron chi connectivity index (χ3n) is 6.70. The second-order valence-electron chi connectivity index (χ2n) is 8.76. The average molecular weight is 517 g/mol. The van der Waals surface area contributed by atoms with Crippen molar-refractivity contribution in [1.82, 2.24) is 0 Å². The van der Waals surface area contributed by atoms with Crippen molar-refractivity contribution in [2.24, 2.45) is 0 Å². The Balaban J connectivity index is 1.51. The van der Waals surface area contributed by atoms with E-state index in [1.165, 1.54) is 0 Å². The van der Waals surface area contributed by atoms with Gasteiger partial charge in [0.05, 0.1) is 30.2 Å². The summed E-state index contributed by atoms with van der Waals surface area (Å²) in [5.41, 5.74) is -3.45. The first kappa shape index (κ1) is 8.97. The number of para-hydroxylation sites is 1. The van der Waals surface area contributed by atoms with Gasteiger partial charge in [0.25, 0.3) is 0 Å². The van der Waals surface area contributed by atoms with E-state index in [0.29, 0.717) is 0 Å². The molecule has 180 valence electrons. The predicted molar refractivity (Wildman–Crippen MR) is 164 cm³/mol. The van der Waals surface area contributed by atoms with Crippen LogP contribution in [0.4, 0.5) is 0 Å². The molecule has 0 amide bonds. The fourth-order valence-electron chi connectivity index (χ4n) is 5.02. The topological polar surface area (TPSA) is 9.23 Å². The van der Waals surface area contributed by atoms with Crippen molar-refractivity contribution in [3.8, 4) is 44.9 Å². The molecule has 0 saturated carbocycles. The van der Waals surface area contributed by atoms with Gasteiger partial charge in [-0.1, -0.05) is 115 Å². The molecule has 0 radical (unpaired) electrons. The summed E-state index contributed by atoms with van der Waals surface area (Å²) in [6, 6.07) is -17.1. The Bertz CT molecular complexity index is 3440. The maximum Gasteiger partial charge on any atom is 0.135 e. The van der Waals surface area contributed by atoms with Crippen LogP contribution in [0.15, 0.2) is 133 Å². The molecule has 8 aromatic rings. The maximum atomic E-state index is 9.65. The summed E-state index contributed by atoms with van der Waals surface area (Å²) in [5.74, 6) is -1.06. The minimum absolute atomic E-state index is 0.226. The molecule has 0 N–H and O–H groups in total. The van der Waals surface area contributed by atoms with Crippen molar-refractivity contribution < 1.29 is 34.9 Å². The van der Waals surface area contributed by atoms with Crippen LogP contribution in [0, 0.1) is 0 Å². The van der Waals surface area contributed by atoms with Crippen LogP contribution in [0.5, 0.6) is 11.5 Å². The number of ether oxygens (including phenoxy) is 1. The molecule has 0 unspecified atom stereocenters. The summed E-state index contributed by atoms with van der Waals surface area (Å²) >= 11 is 0. The summed E-state index contributed by atoms with van der Waals surface area (Å²) in [5, 5.41) is -2.92. The van der Waals surface area contributed by atoms with Gasteiger partial charge in [0.1, 0.15) is 11.5 Å². The standard InChI is InChI=1S/C38H22O/c1-2-13-34-30(10-1)32-12-5-11-31-29(20-21-35(39-34)38(31)32)27-9-4-8-26(22-27)28-18-16-25-15-14-23-6-3-7-24-17-19-33(28)37(25)36(23)24/h1-22H/i1D,2D,3D,4D,5D,6D,7D,8D,9D,10D,11D,12D,13D,14D,15D,16D,17D,18D,19D,20D,21D,22D. The van der Waals surface area contributed by atoms with Gasteiger partial charge in [-0.3, -0.25) is 0 Å². The lowest BCUT2D eigenvalue weighted by atomic mass is 9.88. The minimum atomic E-state index is -0.952. The van der Waals surface area contributed by atoms with E-state index in [1.807, 2.05) is 0 Å². The lowest BCUT2D eigenvalue weighted by Crippen LogP contribution is -1.97. The van der Waals surface area contributed by atoms with Crippen LogP contribution < -0.4 is 4.74 Å². The third kappa shape index (κ3) is 2.90. The zero-order chi connectivity index (χ0) is 44.6. The fourth-order valence-corrected chi connectivity index (χ4v) is 5.02. The molecule has 1 nitrogen and oxygen atoms in total. The Morgan fingerprint density at radius 2 is 1.00 bits per heavy atom. The smallest absolute Gasteiger partial charge is 0.135 e. The lowest BCUT2D eigenvalue weighted by Gasteiger charge is -2.22. The predicted octanol–water partition coefficient (Wildman–Crippen LogP) is 10.8. The number of hydrogen-bond acceptors (Lipinski definition) is 1. The Hall–Kier alpha value is -5.14. The van der Waals surface area contributed by atoms with Crippen LogP contribution in [-0.2, 0) is 0 Å². The summed E-state index contributed by atoms with van der Waals surface area (Å²) in [7, 11) is 0. The van der Waals surface area contributed by atoms with Crippen molar-refractivity contribution >= 4 is 43.1 Å². The largest absolute Gasteiger partial charge is 0.456 e. The van der Waals surface area contributed by atoms with E-state index < -0.39 is 188 Å². The fraction of sp³-hybridized carbons (Fsp3) is 0. The van der Waals surface area contributed by atoms with Crippen LogP contribution >= 0.6 is 0 Å². The first-order valence-electron chi connectivity index (χ1n) is 22.7. The highest BCUT2D eigenvalue weighted by molar-refractivity contribution is 6.25. The van der Waals surface area contributed by atoms with Gasteiger partial charge in [0.2, 0.25) is 0 Å². The second-order valence-corrected chi connectivity index (χ2v) is 8.76. The molecule has 9 rings (SSSR count). The molecular formula is C38H22O. The van der Waals surface area contributed by atoms with Gasteiger partial charge < -0.3 is 4.74 Å². The van der Waals surface area contributed by atoms with Crippen molar-refractivity contribution in [2.45, 2.75) is 0 Å². The zero-order valence-electron chi connectivity index (χ0n) is 41.4. The maximum absolute atomic E-state index is 9.65. The van der Waals surface area contributed by atoms with E-state index in [1.54, 1.807) is 0 Å². The summed E-state index contributed by atoms with van der Waals surface area (Å²) in [6.45, 7) is 0. The van der Waals surface area contributed by atoms with Crippen LogP contribution in [0.2, 0.25) is 0 Å². The van der Waals surface area contributed by atoms with Crippen molar-refractivity contribution in [3.63, 3.8) is 0 Å². The normalized spacial score (nSPS) is 20.2. The van der Waals surface area contributed by atoms with Crippen LogP contribution in [0.25, 0.3) is 76.5 Å². The summed E-state index contributed by atoms with van der Waals surface area (Å²) < 4.78 is 201. The van der Waals surface area contributed by atoms with Gasteiger partial charge >= 0.3 is 0 Å². The minimum Gasteiger partial charge on any atom is -0.456 e. The van der Waals surface area contributed by atoms with E-state index >= 15 is 0 Å². The quantitative estimate of drug-likeness (QED) is 0.208. The molecule has 8 aromatic carbocycles. The first-order valence-corrected chi connectivity index (χ1v) is 11.7. The Morgan fingerprint density at radius 1 is 0.385 bits per heavy atom. The monoisotopic (exact) mass is 516 g/mol. The number of fused-ring (bicyclic) bond motifs is 2. The van der Waals surface area contributed by atoms with Gasteiger partial charge in [0, 0.05) is 10.9 Å². The number of benzene rings is 8. The molecule has 39 heavy (non-hydrogen) atoms. The Labute approximate surface area is 256 Å². The molecule has 1 heterocycles. The van der Waals surface area contributed by atoms with Crippen LogP contribution in [0.1, 0.15) is 30.2 Å². The van der Waals surface area contributed by atoms with E-state index in [-0.39, 0.29) is 32.5 Å². The molecule has 0 atom stereocenters. The summed E-state index contributed by atoms with van der Waals surface area (Å²) in [6.07, 6.45) is 0. The molecule has 0 saturated heterocycles. The lowest BCUT2D eigenvalue weighted by molar-refractivity contribution is 0.487. The molecule has 0 aromatic heterocycles. The van der Waals surface area contributed by atoms with Crippen LogP contribution in [0.3, 0.4) is 0 Å². The van der Waals surface area contributed by atoms with Crippen molar-refractivity contribution in [3.05, 3.63) is 133 Å². The SMILES string of the molecule is [2H]c1c([2H])c([2H])c2c(c1[2H])Oc1c([2H])c([2H])c(-c3c([2H])c([2H])c([2H])c(-c4c([2H])c([2H])c5c([2H])c([2H])c6c([2H])c([2H])c([2H])c7c([2H])c([2H])c4c5c67)c3[2H])c3c([2H])c([2H])c([2H])c-2c13. The van der Waals surface area contributed by atoms with Gasteiger partial charge in [-0.05, 0) is 83.6 Å². The molecule has 1 heteroatoms. The summed E-state index contributed by atoms with van der Waals surface area (Å²) in [4.78, 5) is 0. The molecule has 0 bridgehead atoms. The first-order chi connectivity index (χ1) is 28.5. The second kappa shape index (κ2) is 7.69. The highest BCUT2D eigenvalue weighted by Crippen LogP contribution is 2.48. The highest BCUT2D eigenvalue weighted by Gasteiger charge is 2.21. The van der Waals surface area contributed by atoms with E-state index in [9.17, 15) is 5.48 Å². The molecule has 1 aliphatic heterocycles. The van der Waals surface area contributed by atoms with Gasteiger partial charge in [-0.15, -0.1) is 0 Å². The number of rotatable bonds is 2. The van der Waals surface area contributed by atoms with E-state index in [0.717, 1.165) is 0 Å². The van der Waals surface area contributed by atoms with Gasteiger partial charge in [-0.2, -0.15) is 0 Å². The Kier molecular flexibility index (Phi) is 1.77. The zero-order valence-corrected chi connectivity index (χ0v) is 19.4. The molecule has 1 aliphatic rings. The Morgan fingerprint density at radius 3 is 1.85 bits per heavy atom. The number of hydrogen-bond donors (Lipinski definition) is 0. The van der Waals surface area contributed by atoms with E-state index in [4.69, 9.17) is 29.4 Å². The van der Waals surface area contributed by atoms with Gasteiger partial charge in [-0.25, -0.2) is 0 Å². The molecular weight excluding hydrogens is 472 g/mol. The molecule has 0 fully saturated rings. The van der Waals surface area contributed by atoms with Crippen molar-refractivity contribution in [2.75, 3.05) is 0 Å². The molecule has 0 spiro atoms. The molecule has 0 aliphatic carbocycles. The van der Waals surface area contributed by atoms with Crippen molar-refractivity contribution in [1.29, 1.82) is 0 Å². The van der Waals surface area contributed by atoms with Crippen LogP contribution in [-0.4, -0.2) is 0 Å².